The number of hydrogen-bond donors (Lipinski definition) is 1. The molecule has 33 heavy (non-hydrogen) atoms. The minimum Gasteiger partial charge on any atom is -0.435 e. The molecule has 1 fully saturated rings. The Balaban J connectivity index is 1.90. The molecule has 0 radical (unpaired) electrons. The molecule has 172 valence electrons. The summed E-state index contributed by atoms with van der Waals surface area (Å²) < 4.78 is 57.3. The van der Waals surface area contributed by atoms with Crippen molar-refractivity contribution in [2.75, 3.05) is 13.7 Å². The zero-order valence-corrected chi connectivity index (χ0v) is 17.7. The molecular weight excluding hydrogens is 438 g/mol. The number of hydrogen-bond acceptors (Lipinski definition) is 4. The Morgan fingerprint density at radius 2 is 1.94 bits per heavy atom. The number of carbonyl (C=O) groups is 1. The number of carbonyl (C=O) groups excluding carboxylic acids is 1. The predicted molar refractivity (Wildman–Crippen MR) is 114 cm³/mol. The summed E-state index contributed by atoms with van der Waals surface area (Å²) in [5, 5.41) is 0. The van der Waals surface area contributed by atoms with E-state index in [1.807, 2.05) is 0 Å². The molecule has 5 nitrogen and oxygen atoms in total. The van der Waals surface area contributed by atoms with Gasteiger partial charge in [0.25, 0.3) is 5.91 Å². The molecule has 4 rings (SSSR count). The van der Waals surface area contributed by atoms with Crippen molar-refractivity contribution in [2.45, 2.75) is 37.3 Å². The van der Waals surface area contributed by atoms with Crippen LogP contribution in [-0.4, -0.2) is 37.1 Å². The number of benzene rings is 2. The molecule has 1 saturated carbocycles. The molecule has 1 aliphatic carbocycles. The summed E-state index contributed by atoms with van der Waals surface area (Å²) >= 11 is 0. The standard InChI is InChI=1S/C24H21F4N3O2/c1-31-21(32)24(30-23(31)29,16-7-9-19(26)15(12-16)4-2-3-11-25)17-8-10-20(33-22(27)28)18(13-17)14-5-6-14/h7-10,12-14,22H,3,5-6,11H2,1H3,(H2,29,30). The van der Waals surface area contributed by atoms with Crippen molar-refractivity contribution in [1.29, 1.82) is 0 Å². The molecule has 0 saturated heterocycles. The summed E-state index contributed by atoms with van der Waals surface area (Å²) in [5.74, 6) is 4.03. The van der Waals surface area contributed by atoms with E-state index in [1.165, 1.54) is 36.2 Å². The quantitative estimate of drug-likeness (QED) is 0.524. The molecular formula is C24H21F4N3O2. The topological polar surface area (TPSA) is 67.9 Å². The lowest BCUT2D eigenvalue weighted by molar-refractivity contribution is -0.129. The first-order valence-corrected chi connectivity index (χ1v) is 10.4. The predicted octanol–water partition coefficient (Wildman–Crippen LogP) is 4.05. The van der Waals surface area contributed by atoms with Crippen LogP contribution in [0.3, 0.4) is 0 Å². The van der Waals surface area contributed by atoms with Gasteiger partial charge < -0.3 is 10.5 Å². The molecule has 1 heterocycles. The van der Waals surface area contributed by atoms with E-state index in [-0.39, 0.29) is 29.6 Å². The minimum atomic E-state index is -2.99. The van der Waals surface area contributed by atoms with Crippen molar-refractivity contribution in [3.05, 3.63) is 64.5 Å². The zero-order valence-electron chi connectivity index (χ0n) is 17.7. The minimum absolute atomic E-state index is 0.0171. The van der Waals surface area contributed by atoms with Crippen LogP contribution < -0.4 is 10.5 Å². The van der Waals surface area contributed by atoms with Crippen LogP contribution in [0.5, 0.6) is 5.75 Å². The third-order valence-electron chi connectivity index (χ3n) is 5.73. The Bertz CT molecular complexity index is 1180. The molecule has 1 amide bonds. The van der Waals surface area contributed by atoms with Gasteiger partial charge in [0.2, 0.25) is 0 Å². The SMILES string of the molecule is CN1C(=O)C(c2ccc(F)c(C#CCCF)c2)(c2ccc(OC(F)F)c(C3CC3)c2)N=C1N. The summed E-state index contributed by atoms with van der Waals surface area (Å²) in [6.07, 6.45) is 1.55. The van der Waals surface area contributed by atoms with Crippen LogP contribution in [0.15, 0.2) is 41.4 Å². The number of ether oxygens (including phenoxy) is 1. The average molecular weight is 459 g/mol. The molecule has 9 heteroatoms. The highest BCUT2D eigenvalue weighted by molar-refractivity contribution is 6.09. The molecule has 1 atom stereocenters. The molecule has 0 bridgehead atoms. The van der Waals surface area contributed by atoms with Crippen LogP contribution in [0.4, 0.5) is 17.6 Å². The third kappa shape index (κ3) is 4.13. The number of guanidine groups is 1. The van der Waals surface area contributed by atoms with E-state index in [1.54, 1.807) is 6.07 Å². The largest absolute Gasteiger partial charge is 0.435 e. The maximum absolute atomic E-state index is 14.4. The van der Waals surface area contributed by atoms with Crippen molar-refractivity contribution in [3.63, 3.8) is 0 Å². The number of alkyl halides is 3. The lowest BCUT2D eigenvalue weighted by atomic mass is 9.81. The van der Waals surface area contributed by atoms with Gasteiger partial charge in [0.1, 0.15) is 18.2 Å². The van der Waals surface area contributed by atoms with E-state index in [0.29, 0.717) is 16.7 Å². The van der Waals surface area contributed by atoms with E-state index >= 15 is 0 Å². The summed E-state index contributed by atoms with van der Waals surface area (Å²) in [4.78, 5) is 19.1. The molecule has 2 aliphatic rings. The molecule has 0 spiro atoms. The van der Waals surface area contributed by atoms with Gasteiger partial charge >= 0.3 is 6.61 Å². The van der Waals surface area contributed by atoms with Crippen LogP contribution in [0.2, 0.25) is 0 Å². The molecule has 1 unspecified atom stereocenters. The Hall–Kier alpha value is -3.54. The zero-order chi connectivity index (χ0) is 23.8. The van der Waals surface area contributed by atoms with Gasteiger partial charge in [0.05, 0.1) is 5.56 Å². The maximum atomic E-state index is 14.4. The third-order valence-corrected chi connectivity index (χ3v) is 5.73. The van der Waals surface area contributed by atoms with Gasteiger partial charge in [-0.1, -0.05) is 24.0 Å². The normalized spacial score (nSPS) is 20.0. The number of aliphatic imine (C=N–C) groups is 1. The first-order valence-electron chi connectivity index (χ1n) is 10.4. The van der Waals surface area contributed by atoms with E-state index in [9.17, 15) is 22.4 Å². The van der Waals surface area contributed by atoms with Crippen LogP contribution in [0, 0.1) is 17.7 Å². The van der Waals surface area contributed by atoms with E-state index in [4.69, 9.17) is 5.73 Å². The fourth-order valence-electron chi connectivity index (χ4n) is 3.93. The van der Waals surface area contributed by atoms with Gasteiger partial charge in [0, 0.05) is 13.5 Å². The molecule has 2 aromatic carbocycles. The smallest absolute Gasteiger partial charge is 0.387 e. The summed E-state index contributed by atoms with van der Waals surface area (Å²) in [5.41, 5.74) is 5.54. The Morgan fingerprint density at radius 1 is 1.24 bits per heavy atom. The van der Waals surface area contributed by atoms with E-state index in [0.717, 1.165) is 18.9 Å². The highest BCUT2D eigenvalue weighted by Crippen LogP contribution is 2.48. The van der Waals surface area contributed by atoms with Crippen molar-refractivity contribution < 1.29 is 27.1 Å². The van der Waals surface area contributed by atoms with Crippen LogP contribution in [-0.2, 0) is 10.3 Å². The number of likely N-dealkylation sites (N-methyl/N-ethyl adjacent to an activating group) is 1. The van der Waals surface area contributed by atoms with E-state index in [2.05, 4.69) is 21.6 Å². The van der Waals surface area contributed by atoms with Gasteiger partial charge in [-0.2, -0.15) is 8.78 Å². The second-order valence-electron chi connectivity index (χ2n) is 7.89. The second kappa shape index (κ2) is 8.77. The van der Waals surface area contributed by atoms with Gasteiger partial charge in [0.15, 0.2) is 11.5 Å². The monoisotopic (exact) mass is 459 g/mol. The summed E-state index contributed by atoms with van der Waals surface area (Å²) in [6, 6.07) is 8.44. The fourth-order valence-corrected chi connectivity index (χ4v) is 3.93. The number of rotatable bonds is 6. The van der Waals surface area contributed by atoms with Gasteiger partial charge in [-0.3, -0.25) is 14.1 Å². The summed E-state index contributed by atoms with van der Waals surface area (Å²) in [6.45, 7) is -3.66. The molecule has 2 N–H and O–H groups in total. The Labute approximate surface area is 188 Å². The van der Waals surface area contributed by atoms with Crippen molar-refractivity contribution in [1.82, 2.24) is 4.90 Å². The van der Waals surface area contributed by atoms with E-state index < -0.39 is 30.5 Å². The number of amides is 1. The van der Waals surface area contributed by atoms with Crippen LogP contribution in [0.25, 0.3) is 0 Å². The first-order chi connectivity index (χ1) is 15.8. The highest BCUT2D eigenvalue weighted by atomic mass is 19.3. The van der Waals surface area contributed by atoms with Crippen molar-refractivity contribution in [3.8, 4) is 17.6 Å². The maximum Gasteiger partial charge on any atom is 0.387 e. The molecule has 2 aromatic rings. The van der Waals surface area contributed by atoms with Crippen LogP contribution >= 0.6 is 0 Å². The number of nitrogens with two attached hydrogens (primary N) is 1. The number of nitrogens with zero attached hydrogens (tertiary/aromatic N) is 2. The van der Waals surface area contributed by atoms with Gasteiger partial charge in [-0.05, 0) is 59.7 Å². The highest BCUT2D eigenvalue weighted by Gasteiger charge is 2.50. The molecule has 1 aliphatic heterocycles. The first kappa shape index (κ1) is 22.6. The van der Waals surface area contributed by atoms with Gasteiger partial charge in [-0.15, -0.1) is 0 Å². The lowest BCUT2D eigenvalue weighted by Crippen LogP contribution is -2.41. The number of halogens is 4. The Morgan fingerprint density at radius 3 is 2.55 bits per heavy atom. The van der Waals surface area contributed by atoms with Crippen LogP contribution in [0.1, 0.15) is 47.4 Å². The van der Waals surface area contributed by atoms with Gasteiger partial charge in [-0.25, -0.2) is 9.38 Å². The molecule has 0 aromatic heterocycles. The second-order valence-corrected chi connectivity index (χ2v) is 7.89. The average Bonchev–Trinajstić information content (AvgIpc) is 3.60. The van der Waals surface area contributed by atoms with Crippen molar-refractivity contribution >= 4 is 11.9 Å². The summed E-state index contributed by atoms with van der Waals surface area (Å²) in [7, 11) is 1.46. The van der Waals surface area contributed by atoms with Crippen molar-refractivity contribution in [2.24, 2.45) is 10.7 Å². The Kier molecular flexibility index (Phi) is 6.02. The fraction of sp³-hybridized carbons (Fsp3) is 0.333. The lowest BCUT2D eigenvalue weighted by Gasteiger charge is -2.27.